The normalized spacial score (nSPS) is 11.1. The van der Waals surface area contributed by atoms with Crippen LogP contribution >= 0.6 is 0 Å². The molecule has 0 spiro atoms. The fraction of sp³-hybridized carbons (Fsp3) is 0.571. The fourth-order valence-corrected chi connectivity index (χ4v) is 1.85. The maximum Gasteiger partial charge on any atom is 0.127 e. The summed E-state index contributed by atoms with van der Waals surface area (Å²) in [7, 11) is 0. The summed E-state index contributed by atoms with van der Waals surface area (Å²) in [6, 6.07) is 5.15. The molecule has 0 amide bonds. The van der Waals surface area contributed by atoms with Gasteiger partial charge >= 0.3 is 0 Å². The average Bonchev–Trinajstić information content (AvgIpc) is 2.36. The third kappa shape index (κ3) is 4.44. The van der Waals surface area contributed by atoms with Crippen molar-refractivity contribution in [1.29, 1.82) is 0 Å². The molecule has 0 fully saturated rings. The Hall–Kier alpha value is -0.930. The van der Waals surface area contributed by atoms with Crippen molar-refractivity contribution in [3.63, 3.8) is 0 Å². The van der Waals surface area contributed by atoms with Crippen molar-refractivity contribution in [2.75, 3.05) is 13.1 Å². The van der Waals surface area contributed by atoms with Gasteiger partial charge in [-0.25, -0.2) is 4.39 Å². The second-order valence-corrected chi connectivity index (χ2v) is 4.35. The molecule has 0 unspecified atom stereocenters. The van der Waals surface area contributed by atoms with Crippen molar-refractivity contribution >= 4 is 0 Å². The topological polar surface area (TPSA) is 29.3 Å². The van der Waals surface area contributed by atoms with E-state index in [0.29, 0.717) is 13.1 Å². The Morgan fingerprint density at radius 3 is 2.65 bits per heavy atom. The quantitative estimate of drug-likeness (QED) is 0.791. The highest BCUT2D eigenvalue weighted by Crippen LogP contribution is 2.13. The summed E-state index contributed by atoms with van der Waals surface area (Å²) in [5.74, 6) is -0.128. The van der Waals surface area contributed by atoms with E-state index in [4.69, 9.17) is 5.73 Å². The van der Waals surface area contributed by atoms with Gasteiger partial charge < -0.3 is 5.73 Å². The lowest BCUT2D eigenvalue weighted by molar-refractivity contribution is 0.271. The summed E-state index contributed by atoms with van der Waals surface area (Å²) < 4.78 is 13.7. The molecule has 3 heteroatoms. The van der Waals surface area contributed by atoms with Crippen LogP contribution in [0.1, 0.15) is 37.8 Å². The second-order valence-electron chi connectivity index (χ2n) is 4.35. The second kappa shape index (κ2) is 7.41. The van der Waals surface area contributed by atoms with Crippen LogP contribution in [0, 0.1) is 5.82 Å². The molecule has 0 aliphatic carbocycles. The van der Waals surface area contributed by atoms with Gasteiger partial charge in [0.1, 0.15) is 5.82 Å². The predicted molar refractivity (Wildman–Crippen MR) is 70.2 cm³/mol. The van der Waals surface area contributed by atoms with Gasteiger partial charge in [0.2, 0.25) is 0 Å². The fourth-order valence-electron chi connectivity index (χ4n) is 1.85. The highest BCUT2D eigenvalue weighted by atomic mass is 19.1. The smallest absolute Gasteiger partial charge is 0.127 e. The molecule has 0 aliphatic rings. The first kappa shape index (κ1) is 14.1. The molecule has 1 aromatic rings. The first-order valence-electron chi connectivity index (χ1n) is 6.41. The number of hydrogen-bond acceptors (Lipinski definition) is 2. The number of nitrogens with zero attached hydrogens (tertiary/aromatic N) is 1. The van der Waals surface area contributed by atoms with Gasteiger partial charge in [-0.05, 0) is 31.1 Å². The van der Waals surface area contributed by atoms with E-state index in [1.54, 1.807) is 6.07 Å². The van der Waals surface area contributed by atoms with Crippen LogP contribution in [-0.4, -0.2) is 18.0 Å². The molecule has 0 bridgehead atoms. The van der Waals surface area contributed by atoms with Crippen LogP contribution in [0.25, 0.3) is 0 Å². The Morgan fingerprint density at radius 1 is 1.29 bits per heavy atom. The molecule has 0 radical (unpaired) electrons. The minimum atomic E-state index is -0.128. The van der Waals surface area contributed by atoms with Gasteiger partial charge in [0, 0.05) is 18.7 Å². The van der Waals surface area contributed by atoms with E-state index in [9.17, 15) is 4.39 Å². The Kier molecular flexibility index (Phi) is 6.16. The van der Waals surface area contributed by atoms with Gasteiger partial charge in [-0.15, -0.1) is 0 Å². The van der Waals surface area contributed by atoms with E-state index in [-0.39, 0.29) is 5.82 Å². The van der Waals surface area contributed by atoms with E-state index in [2.05, 4.69) is 18.7 Å². The minimum Gasteiger partial charge on any atom is -0.326 e. The largest absolute Gasteiger partial charge is 0.326 e. The molecule has 0 saturated heterocycles. The third-order valence-electron chi connectivity index (χ3n) is 3.01. The Morgan fingerprint density at radius 2 is 2.06 bits per heavy atom. The molecule has 2 N–H and O–H groups in total. The zero-order chi connectivity index (χ0) is 12.7. The standard InChI is InChI=1S/C14H23FN2/c1-3-5-8-17(4-2)11-13-9-12(10-16)6-7-14(13)15/h6-7,9H,3-5,8,10-11,16H2,1-2H3. The summed E-state index contributed by atoms with van der Waals surface area (Å²) in [4.78, 5) is 2.27. The zero-order valence-electron chi connectivity index (χ0n) is 10.9. The molecule has 0 heterocycles. The Labute approximate surface area is 104 Å². The summed E-state index contributed by atoms with van der Waals surface area (Å²) in [5.41, 5.74) is 7.33. The number of halogens is 1. The molecular weight excluding hydrogens is 215 g/mol. The van der Waals surface area contributed by atoms with Gasteiger partial charge in [-0.2, -0.15) is 0 Å². The van der Waals surface area contributed by atoms with Gasteiger partial charge in [0.15, 0.2) is 0 Å². The van der Waals surface area contributed by atoms with Gasteiger partial charge in [0.05, 0.1) is 0 Å². The van der Waals surface area contributed by atoms with E-state index in [0.717, 1.165) is 30.6 Å². The van der Waals surface area contributed by atoms with E-state index in [1.807, 2.05) is 6.07 Å². The molecule has 1 rings (SSSR count). The summed E-state index contributed by atoms with van der Waals surface area (Å²) >= 11 is 0. The summed E-state index contributed by atoms with van der Waals surface area (Å²) in [6.45, 7) is 7.40. The number of unbranched alkanes of at least 4 members (excludes halogenated alkanes) is 1. The van der Waals surface area contributed by atoms with E-state index < -0.39 is 0 Å². The average molecular weight is 238 g/mol. The van der Waals surface area contributed by atoms with Crippen LogP contribution in [-0.2, 0) is 13.1 Å². The molecule has 17 heavy (non-hydrogen) atoms. The van der Waals surface area contributed by atoms with Crippen molar-refractivity contribution < 1.29 is 4.39 Å². The lowest BCUT2D eigenvalue weighted by Crippen LogP contribution is -2.24. The monoisotopic (exact) mass is 238 g/mol. The highest BCUT2D eigenvalue weighted by Gasteiger charge is 2.08. The third-order valence-corrected chi connectivity index (χ3v) is 3.01. The van der Waals surface area contributed by atoms with Gasteiger partial charge in [-0.1, -0.05) is 32.4 Å². The molecule has 0 aliphatic heterocycles. The van der Waals surface area contributed by atoms with Crippen molar-refractivity contribution in [3.05, 3.63) is 35.1 Å². The number of benzene rings is 1. The van der Waals surface area contributed by atoms with Crippen LogP contribution in [0.3, 0.4) is 0 Å². The molecule has 1 aromatic carbocycles. The van der Waals surface area contributed by atoms with Crippen LogP contribution in [0.4, 0.5) is 4.39 Å². The van der Waals surface area contributed by atoms with Gasteiger partial charge in [-0.3, -0.25) is 4.90 Å². The van der Waals surface area contributed by atoms with Crippen LogP contribution in [0.15, 0.2) is 18.2 Å². The van der Waals surface area contributed by atoms with Crippen molar-refractivity contribution in [3.8, 4) is 0 Å². The molecule has 2 nitrogen and oxygen atoms in total. The summed E-state index contributed by atoms with van der Waals surface area (Å²) in [5, 5.41) is 0. The number of rotatable bonds is 7. The molecule has 0 saturated carbocycles. The Balaban J connectivity index is 2.70. The molecule has 0 aromatic heterocycles. The molecule has 96 valence electrons. The number of hydrogen-bond donors (Lipinski definition) is 1. The predicted octanol–water partition coefficient (Wildman–Crippen LogP) is 2.91. The maximum absolute atomic E-state index is 13.7. The SMILES string of the molecule is CCCCN(CC)Cc1cc(CN)ccc1F. The first-order valence-corrected chi connectivity index (χ1v) is 6.41. The lowest BCUT2D eigenvalue weighted by Gasteiger charge is -2.20. The van der Waals surface area contributed by atoms with Crippen LogP contribution in [0.5, 0.6) is 0 Å². The summed E-state index contributed by atoms with van der Waals surface area (Å²) in [6.07, 6.45) is 2.33. The maximum atomic E-state index is 13.7. The van der Waals surface area contributed by atoms with E-state index >= 15 is 0 Å². The lowest BCUT2D eigenvalue weighted by atomic mass is 10.1. The highest BCUT2D eigenvalue weighted by molar-refractivity contribution is 5.25. The molecule has 0 atom stereocenters. The molecular formula is C14H23FN2. The van der Waals surface area contributed by atoms with Crippen LogP contribution < -0.4 is 5.73 Å². The van der Waals surface area contributed by atoms with E-state index in [1.165, 1.54) is 12.5 Å². The van der Waals surface area contributed by atoms with Crippen molar-refractivity contribution in [2.45, 2.75) is 39.8 Å². The van der Waals surface area contributed by atoms with Crippen molar-refractivity contribution in [2.24, 2.45) is 5.73 Å². The minimum absolute atomic E-state index is 0.128. The number of nitrogens with two attached hydrogens (primary N) is 1. The van der Waals surface area contributed by atoms with Crippen molar-refractivity contribution in [1.82, 2.24) is 4.90 Å². The zero-order valence-corrected chi connectivity index (χ0v) is 10.9. The Bertz CT molecular complexity index is 339. The van der Waals surface area contributed by atoms with Crippen LogP contribution in [0.2, 0.25) is 0 Å². The van der Waals surface area contributed by atoms with Gasteiger partial charge in [0.25, 0.3) is 0 Å². The first-order chi connectivity index (χ1) is 8.21.